The Kier molecular flexibility index (Phi) is 3.13. The van der Waals surface area contributed by atoms with Gasteiger partial charge in [-0.1, -0.05) is 25.1 Å². The highest BCUT2D eigenvalue weighted by molar-refractivity contribution is 5.68. The number of aliphatic carboxylic acids is 1. The fraction of sp³-hybridized carbons (Fsp3) is 0.462. The van der Waals surface area contributed by atoms with Crippen LogP contribution in [0.5, 0.6) is 0 Å². The molecule has 0 radical (unpaired) electrons. The summed E-state index contributed by atoms with van der Waals surface area (Å²) < 4.78 is 0. The Morgan fingerprint density at radius 1 is 1.50 bits per heavy atom. The van der Waals surface area contributed by atoms with Crippen molar-refractivity contribution < 1.29 is 9.90 Å². The van der Waals surface area contributed by atoms with Gasteiger partial charge >= 0.3 is 5.97 Å². The van der Waals surface area contributed by atoms with Crippen LogP contribution in [-0.2, 0) is 11.2 Å². The first kappa shape index (κ1) is 11.0. The van der Waals surface area contributed by atoms with Gasteiger partial charge in [0.05, 0.1) is 6.42 Å². The van der Waals surface area contributed by atoms with Crippen molar-refractivity contribution in [2.45, 2.75) is 19.8 Å². The van der Waals surface area contributed by atoms with Gasteiger partial charge in [-0.2, -0.15) is 0 Å². The molecule has 0 amide bonds. The lowest BCUT2D eigenvalue weighted by Crippen LogP contribution is -2.35. The van der Waals surface area contributed by atoms with Crippen LogP contribution in [0.15, 0.2) is 24.3 Å². The summed E-state index contributed by atoms with van der Waals surface area (Å²) in [7, 11) is 0. The van der Waals surface area contributed by atoms with Gasteiger partial charge in [0, 0.05) is 18.8 Å². The first-order chi connectivity index (χ1) is 7.66. The summed E-state index contributed by atoms with van der Waals surface area (Å²) in [5.74, 6) is -0.126. The number of hydrogen-bond acceptors (Lipinski definition) is 2. The van der Waals surface area contributed by atoms with Gasteiger partial charge in [-0.05, 0) is 24.0 Å². The van der Waals surface area contributed by atoms with E-state index in [-0.39, 0.29) is 6.42 Å². The smallest absolute Gasteiger partial charge is 0.305 e. The quantitative estimate of drug-likeness (QED) is 0.847. The summed E-state index contributed by atoms with van der Waals surface area (Å²) in [4.78, 5) is 12.8. The fourth-order valence-electron chi connectivity index (χ4n) is 2.35. The van der Waals surface area contributed by atoms with Crippen molar-refractivity contribution in [2.75, 3.05) is 18.0 Å². The van der Waals surface area contributed by atoms with E-state index < -0.39 is 5.97 Å². The van der Waals surface area contributed by atoms with Crippen molar-refractivity contribution >= 4 is 11.7 Å². The van der Waals surface area contributed by atoms with Gasteiger partial charge in [0.25, 0.3) is 0 Å². The van der Waals surface area contributed by atoms with E-state index in [1.807, 2.05) is 12.1 Å². The molecule has 0 saturated carbocycles. The number of carbonyl (C=O) groups is 1. The zero-order valence-electron chi connectivity index (χ0n) is 9.52. The van der Waals surface area contributed by atoms with Gasteiger partial charge in [-0.3, -0.25) is 4.79 Å². The monoisotopic (exact) mass is 219 g/mol. The predicted octanol–water partition coefficient (Wildman–Crippen LogP) is 2.16. The minimum absolute atomic E-state index is 0.209. The second-order valence-corrected chi connectivity index (χ2v) is 4.53. The second kappa shape index (κ2) is 4.56. The van der Waals surface area contributed by atoms with Crippen molar-refractivity contribution in [3.05, 3.63) is 29.8 Å². The lowest BCUT2D eigenvalue weighted by Gasteiger charge is -2.34. The minimum Gasteiger partial charge on any atom is -0.481 e. The van der Waals surface area contributed by atoms with Gasteiger partial charge in [0.15, 0.2) is 0 Å². The molecule has 0 fully saturated rings. The Balaban J connectivity index is 2.16. The Morgan fingerprint density at radius 3 is 3.00 bits per heavy atom. The number of rotatable bonds is 3. The van der Waals surface area contributed by atoms with E-state index in [4.69, 9.17) is 5.11 Å². The molecule has 1 heterocycles. The van der Waals surface area contributed by atoms with E-state index in [0.717, 1.165) is 13.0 Å². The third-order valence-corrected chi connectivity index (χ3v) is 3.03. The van der Waals surface area contributed by atoms with Crippen LogP contribution in [-0.4, -0.2) is 24.2 Å². The van der Waals surface area contributed by atoms with Crippen LogP contribution in [0.1, 0.15) is 18.9 Å². The molecule has 1 aliphatic rings. The van der Waals surface area contributed by atoms with Crippen LogP contribution in [0, 0.1) is 5.92 Å². The number of fused-ring (bicyclic) bond motifs is 1. The molecule has 86 valence electrons. The fourth-order valence-corrected chi connectivity index (χ4v) is 2.35. The standard InChI is InChI=1S/C13H17NO2/c1-10-8-11-4-2-3-5-12(11)14(9-10)7-6-13(15)16/h2-5,10H,6-9H2,1H3,(H,15,16)/t10-/m1/s1. The molecule has 0 aliphatic carbocycles. The maximum Gasteiger partial charge on any atom is 0.305 e. The number of anilines is 1. The molecule has 16 heavy (non-hydrogen) atoms. The Morgan fingerprint density at radius 2 is 2.25 bits per heavy atom. The number of hydrogen-bond donors (Lipinski definition) is 1. The molecule has 0 unspecified atom stereocenters. The second-order valence-electron chi connectivity index (χ2n) is 4.53. The van der Waals surface area contributed by atoms with Crippen LogP contribution in [0.3, 0.4) is 0 Å². The molecule has 1 N–H and O–H groups in total. The van der Waals surface area contributed by atoms with E-state index in [1.165, 1.54) is 11.3 Å². The average Bonchev–Trinajstić information content (AvgIpc) is 2.25. The van der Waals surface area contributed by atoms with Gasteiger partial charge in [-0.15, -0.1) is 0 Å². The number of benzene rings is 1. The largest absolute Gasteiger partial charge is 0.481 e. The summed E-state index contributed by atoms with van der Waals surface area (Å²) in [5, 5.41) is 8.73. The van der Waals surface area contributed by atoms with Gasteiger partial charge in [0.1, 0.15) is 0 Å². The summed E-state index contributed by atoms with van der Waals surface area (Å²) in [6, 6.07) is 8.29. The third-order valence-electron chi connectivity index (χ3n) is 3.03. The van der Waals surface area contributed by atoms with E-state index in [9.17, 15) is 4.79 Å². The number of carboxylic acids is 1. The SMILES string of the molecule is C[C@@H]1Cc2ccccc2N(CCC(=O)O)C1. The molecule has 0 spiro atoms. The van der Waals surface area contributed by atoms with Gasteiger partial charge in [0.2, 0.25) is 0 Å². The number of carboxylic acid groups (broad SMARTS) is 1. The van der Waals surface area contributed by atoms with Crippen molar-refractivity contribution in [3.63, 3.8) is 0 Å². The lowest BCUT2D eigenvalue weighted by molar-refractivity contribution is -0.136. The normalized spacial score (nSPS) is 19.3. The highest BCUT2D eigenvalue weighted by atomic mass is 16.4. The molecular formula is C13H17NO2. The van der Waals surface area contributed by atoms with Gasteiger partial charge in [-0.25, -0.2) is 0 Å². The van der Waals surface area contributed by atoms with Gasteiger partial charge < -0.3 is 10.0 Å². The molecule has 1 aliphatic heterocycles. The zero-order valence-corrected chi connectivity index (χ0v) is 9.52. The summed E-state index contributed by atoms with van der Waals surface area (Å²) in [6.45, 7) is 3.78. The van der Waals surface area contributed by atoms with Crippen LogP contribution in [0.2, 0.25) is 0 Å². The zero-order chi connectivity index (χ0) is 11.5. The molecule has 0 saturated heterocycles. The summed E-state index contributed by atoms with van der Waals surface area (Å²) in [5.41, 5.74) is 2.55. The van der Waals surface area contributed by atoms with Crippen LogP contribution in [0.25, 0.3) is 0 Å². The Bertz CT molecular complexity index is 389. The van der Waals surface area contributed by atoms with E-state index in [2.05, 4.69) is 24.0 Å². The van der Waals surface area contributed by atoms with Crippen molar-refractivity contribution in [2.24, 2.45) is 5.92 Å². The molecule has 1 atom stereocenters. The van der Waals surface area contributed by atoms with Crippen molar-refractivity contribution in [3.8, 4) is 0 Å². The Hall–Kier alpha value is -1.51. The van der Waals surface area contributed by atoms with Crippen molar-refractivity contribution in [1.82, 2.24) is 0 Å². The average molecular weight is 219 g/mol. The molecule has 0 bridgehead atoms. The molecule has 1 aromatic carbocycles. The maximum absolute atomic E-state index is 10.6. The van der Waals surface area contributed by atoms with Crippen LogP contribution >= 0.6 is 0 Å². The van der Waals surface area contributed by atoms with E-state index in [0.29, 0.717) is 12.5 Å². The van der Waals surface area contributed by atoms with Crippen molar-refractivity contribution in [1.29, 1.82) is 0 Å². The van der Waals surface area contributed by atoms with E-state index >= 15 is 0 Å². The topological polar surface area (TPSA) is 40.5 Å². The first-order valence-electron chi connectivity index (χ1n) is 5.71. The van der Waals surface area contributed by atoms with Crippen LogP contribution in [0.4, 0.5) is 5.69 Å². The molecule has 3 nitrogen and oxygen atoms in total. The third kappa shape index (κ3) is 2.35. The first-order valence-corrected chi connectivity index (χ1v) is 5.71. The number of nitrogens with zero attached hydrogens (tertiary/aromatic N) is 1. The molecule has 3 heteroatoms. The minimum atomic E-state index is -0.726. The molecular weight excluding hydrogens is 202 g/mol. The van der Waals surface area contributed by atoms with Crippen LogP contribution < -0.4 is 4.90 Å². The maximum atomic E-state index is 10.6. The van der Waals surface area contributed by atoms with E-state index in [1.54, 1.807) is 0 Å². The number of para-hydroxylation sites is 1. The molecule has 1 aromatic rings. The lowest BCUT2D eigenvalue weighted by atomic mass is 9.94. The highest BCUT2D eigenvalue weighted by Gasteiger charge is 2.21. The Labute approximate surface area is 95.7 Å². The summed E-state index contributed by atoms with van der Waals surface area (Å²) >= 11 is 0. The summed E-state index contributed by atoms with van der Waals surface area (Å²) in [6.07, 6.45) is 1.31. The molecule has 0 aromatic heterocycles. The molecule has 2 rings (SSSR count). The predicted molar refractivity (Wildman–Crippen MR) is 63.8 cm³/mol. The highest BCUT2D eigenvalue weighted by Crippen LogP contribution is 2.29.